The van der Waals surface area contributed by atoms with Gasteiger partial charge in [-0.05, 0) is 39.8 Å². The highest BCUT2D eigenvalue weighted by atomic mass is 16.6. The number of carbonyl (C=O) groups is 2. The van der Waals surface area contributed by atoms with Crippen molar-refractivity contribution in [2.24, 2.45) is 0 Å². The molecule has 18 heavy (non-hydrogen) atoms. The van der Waals surface area contributed by atoms with Gasteiger partial charge in [-0.2, -0.15) is 0 Å². The smallest absolute Gasteiger partial charge is 0.412 e. The first-order valence-electron chi connectivity index (χ1n) is 5.53. The number of anilines is 1. The van der Waals surface area contributed by atoms with Crippen molar-refractivity contribution >= 4 is 17.7 Å². The summed E-state index contributed by atoms with van der Waals surface area (Å²) in [6.07, 6.45) is -0.672. The van der Waals surface area contributed by atoms with E-state index in [0.29, 0.717) is 0 Å². The number of ether oxygens (including phenoxy) is 1. The van der Waals surface area contributed by atoms with E-state index in [-0.39, 0.29) is 11.3 Å². The molecule has 0 saturated carbocycles. The molecule has 98 valence electrons. The molecular weight excluding hydrogens is 234 g/mol. The topological polar surface area (TPSA) is 75.6 Å². The molecule has 0 spiro atoms. The van der Waals surface area contributed by atoms with Crippen molar-refractivity contribution in [3.8, 4) is 0 Å². The van der Waals surface area contributed by atoms with Crippen LogP contribution in [0.3, 0.4) is 0 Å². The monoisotopic (exact) mass is 251 g/mol. The Balaban J connectivity index is 2.91. The van der Waals surface area contributed by atoms with Crippen molar-refractivity contribution in [1.29, 1.82) is 0 Å². The van der Waals surface area contributed by atoms with Gasteiger partial charge >= 0.3 is 12.1 Å². The molecule has 5 nitrogen and oxygen atoms in total. The Kier molecular flexibility index (Phi) is 3.96. The molecule has 0 atom stereocenters. The number of benzene rings is 1. The molecule has 1 rings (SSSR count). The lowest BCUT2D eigenvalue weighted by Gasteiger charge is -2.20. The number of hydrogen-bond acceptors (Lipinski definition) is 3. The number of nitrogens with one attached hydrogen (secondary N) is 1. The maximum atomic E-state index is 11.6. The quantitative estimate of drug-likeness (QED) is 0.847. The second-order valence-corrected chi connectivity index (χ2v) is 4.98. The van der Waals surface area contributed by atoms with Crippen molar-refractivity contribution < 1.29 is 19.4 Å². The largest absolute Gasteiger partial charge is 0.478 e. The summed E-state index contributed by atoms with van der Waals surface area (Å²) < 4.78 is 5.06. The molecule has 0 saturated heterocycles. The van der Waals surface area contributed by atoms with E-state index in [4.69, 9.17) is 9.84 Å². The second kappa shape index (κ2) is 5.08. The van der Waals surface area contributed by atoms with Gasteiger partial charge in [0.15, 0.2) is 0 Å². The normalized spacial score (nSPS) is 10.9. The van der Waals surface area contributed by atoms with E-state index < -0.39 is 17.7 Å². The van der Waals surface area contributed by atoms with E-state index in [1.54, 1.807) is 39.8 Å². The Morgan fingerprint density at radius 1 is 1.28 bits per heavy atom. The molecule has 0 heterocycles. The van der Waals surface area contributed by atoms with Crippen LogP contribution in [0.2, 0.25) is 0 Å². The van der Waals surface area contributed by atoms with E-state index in [9.17, 15) is 9.59 Å². The van der Waals surface area contributed by atoms with Crippen LogP contribution in [0.25, 0.3) is 0 Å². The average molecular weight is 251 g/mol. The maximum Gasteiger partial charge on any atom is 0.412 e. The molecule has 0 bridgehead atoms. The number of aryl methyl sites for hydroxylation is 1. The Morgan fingerprint density at radius 3 is 2.39 bits per heavy atom. The zero-order valence-electron chi connectivity index (χ0n) is 10.9. The van der Waals surface area contributed by atoms with Gasteiger partial charge in [0.25, 0.3) is 0 Å². The number of rotatable bonds is 2. The Morgan fingerprint density at radius 2 is 1.89 bits per heavy atom. The fourth-order valence-corrected chi connectivity index (χ4v) is 1.36. The average Bonchev–Trinajstić information content (AvgIpc) is 2.17. The van der Waals surface area contributed by atoms with Crippen molar-refractivity contribution in [3.63, 3.8) is 0 Å². The van der Waals surface area contributed by atoms with Gasteiger partial charge in [0, 0.05) is 0 Å². The molecule has 1 amide bonds. The van der Waals surface area contributed by atoms with Gasteiger partial charge in [-0.3, -0.25) is 5.32 Å². The van der Waals surface area contributed by atoms with Crippen molar-refractivity contribution in [1.82, 2.24) is 0 Å². The van der Waals surface area contributed by atoms with Crippen molar-refractivity contribution in [2.75, 3.05) is 5.32 Å². The molecule has 0 aromatic heterocycles. The van der Waals surface area contributed by atoms with E-state index in [0.717, 1.165) is 5.56 Å². The van der Waals surface area contributed by atoms with Crippen LogP contribution in [-0.4, -0.2) is 22.8 Å². The predicted molar refractivity (Wildman–Crippen MR) is 68.0 cm³/mol. The van der Waals surface area contributed by atoms with E-state index in [1.165, 1.54) is 6.07 Å². The standard InChI is InChI=1S/C13H17NO4/c1-8-5-6-10(9(7-8)11(15)16)14-12(17)18-13(2,3)4/h5-7H,1-4H3,(H,14,17)(H,15,16). The molecule has 0 radical (unpaired) electrons. The SMILES string of the molecule is Cc1ccc(NC(=O)OC(C)(C)C)c(C(=O)O)c1. The minimum Gasteiger partial charge on any atom is -0.478 e. The molecule has 5 heteroatoms. The highest BCUT2D eigenvalue weighted by Gasteiger charge is 2.18. The summed E-state index contributed by atoms with van der Waals surface area (Å²) in [6.45, 7) is 6.99. The van der Waals surface area contributed by atoms with Crippen molar-refractivity contribution in [3.05, 3.63) is 29.3 Å². The third kappa shape index (κ3) is 4.08. The van der Waals surface area contributed by atoms with Crippen LogP contribution >= 0.6 is 0 Å². The Labute approximate surface area is 106 Å². The molecule has 0 aliphatic heterocycles. The molecule has 1 aromatic rings. The summed E-state index contributed by atoms with van der Waals surface area (Å²) in [5.74, 6) is -1.09. The van der Waals surface area contributed by atoms with Crippen LogP contribution < -0.4 is 5.32 Å². The predicted octanol–water partition coefficient (Wildman–Crippen LogP) is 3.04. The summed E-state index contributed by atoms with van der Waals surface area (Å²) in [4.78, 5) is 22.6. The molecular formula is C13H17NO4. The summed E-state index contributed by atoms with van der Waals surface area (Å²) in [7, 11) is 0. The van der Waals surface area contributed by atoms with E-state index >= 15 is 0 Å². The number of hydrogen-bond donors (Lipinski definition) is 2. The lowest BCUT2D eigenvalue weighted by atomic mass is 10.1. The first kappa shape index (κ1) is 14.0. The molecule has 0 unspecified atom stereocenters. The fraction of sp³-hybridized carbons (Fsp3) is 0.385. The highest BCUT2D eigenvalue weighted by Crippen LogP contribution is 2.18. The third-order valence-corrected chi connectivity index (χ3v) is 2.04. The van der Waals surface area contributed by atoms with E-state index in [1.807, 2.05) is 0 Å². The molecule has 0 fully saturated rings. The molecule has 2 N–H and O–H groups in total. The number of aromatic carboxylic acids is 1. The lowest BCUT2D eigenvalue weighted by Crippen LogP contribution is -2.27. The Bertz CT molecular complexity index is 474. The van der Waals surface area contributed by atoms with Crippen LogP contribution in [0, 0.1) is 6.92 Å². The van der Waals surface area contributed by atoms with Gasteiger partial charge in [-0.25, -0.2) is 9.59 Å². The third-order valence-electron chi connectivity index (χ3n) is 2.04. The number of amides is 1. The number of carboxylic acids is 1. The van der Waals surface area contributed by atoms with Gasteiger partial charge in [0.1, 0.15) is 5.60 Å². The summed E-state index contributed by atoms with van der Waals surface area (Å²) >= 11 is 0. The second-order valence-electron chi connectivity index (χ2n) is 4.98. The fourth-order valence-electron chi connectivity index (χ4n) is 1.36. The lowest BCUT2D eigenvalue weighted by molar-refractivity contribution is 0.0636. The van der Waals surface area contributed by atoms with E-state index in [2.05, 4.69) is 5.32 Å². The highest BCUT2D eigenvalue weighted by molar-refractivity contribution is 5.98. The first-order valence-corrected chi connectivity index (χ1v) is 5.53. The summed E-state index contributed by atoms with van der Waals surface area (Å²) in [5.41, 5.74) is 0.448. The van der Waals surface area contributed by atoms with Crippen molar-refractivity contribution in [2.45, 2.75) is 33.3 Å². The minimum absolute atomic E-state index is 0.0425. The van der Waals surface area contributed by atoms with Gasteiger partial charge < -0.3 is 9.84 Å². The minimum atomic E-state index is -1.09. The first-order chi connectivity index (χ1) is 8.19. The van der Waals surface area contributed by atoms with Crippen LogP contribution in [0.5, 0.6) is 0 Å². The molecule has 0 aliphatic rings. The van der Waals surface area contributed by atoms with Gasteiger partial charge in [-0.1, -0.05) is 11.6 Å². The zero-order chi connectivity index (χ0) is 13.9. The number of carboxylic acid groups (broad SMARTS) is 1. The van der Waals surface area contributed by atoms with Gasteiger partial charge in [-0.15, -0.1) is 0 Å². The van der Waals surface area contributed by atoms with Gasteiger partial charge in [0.2, 0.25) is 0 Å². The Hall–Kier alpha value is -2.04. The maximum absolute atomic E-state index is 11.6. The summed E-state index contributed by atoms with van der Waals surface area (Å²) in [6, 6.07) is 4.76. The van der Waals surface area contributed by atoms with Crippen LogP contribution in [-0.2, 0) is 4.74 Å². The molecule has 1 aromatic carbocycles. The van der Waals surface area contributed by atoms with Crippen LogP contribution in [0.1, 0.15) is 36.7 Å². The number of carbonyl (C=O) groups excluding carboxylic acids is 1. The molecule has 0 aliphatic carbocycles. The van der Waals surface area contributed by atoms with Crippen LogP contribution in [0.15, 0.2) is 18.2 Å². The summed E-state index contributed by atoms with van der Waals surface area (Å²) in [5, 5.41) is 11.5. The van der Waals surface area contributed by atoms with Crippen LogP contribution in [0.4, 0.5) is 10.5 Å². The van der Waals surface area contributed by atoms with Gasteiger partial charge in [0.05, 0.1) is 11.3 Å². The zero-order valence-corrected chi connectivity index (χ0v) is 10.9.